The average Bonchev–Trinajstić information content (AvgIpc) is 2.75. The Bertz CT molecular complexity index is 434. The summed E-state index contributed by atoms with van der Waals surface area (Å²) in [4.78, 5) is 0. The van der Waals surface area contributed by atoms with Gasteiger partial charge in [0, 0.05) is 12.2 Å². The zero-order valence-corrected chi connectivity index (χ0v) is 11.8. The third kappa shape index (κ3) is 2.03. The minimum absolute atomic E-state index is 0.186. The molecule has 2 N–H and O–H groups in total. The van der Waals surface area contributed by atoms with Crippen LogP contribution in [0.3, 0.4) is 0 Å². The van der Waals surface area contributed by atoms with E-state index < -0.39 is 0 Å². The van der Waals surface area contributed by atoms with Gasteiger partial charge in [-0.05, 0) is 74.2 Å². The fourth-order valence-corrected chi connectivity index (χ4v) is 5.42. The Morgan fingerprint density at radius 1 is 1.21 bits per heavy atom. The minimum atomic E-state index is 0.186. The van der Waals surface area contributed by atoms with Crippen molar-refractivity contribution >= 4 is 0 Å². The first-order valence-corrected chi connectivity index (χ1v) is 7.97. The lowest BCUT2D eigenvalue weighted by Crippen LogP contribution is -2.43. The molecule has 4 aliphatic carbocycles. The smallest absolute Gasteiger partial charge is 0.0557 e. The summed E-state index contributed by atoms with van der Waals surface area (Å²) in [6.07, 6.45) is 11.9. The third-order valence-electron chi connectivity index (χ3n) is 5.74. The van der Waals surface area contributed by atoms with Crippen LogP contribution in [0.15, 0.2) is 12.4 Å². The van der Waals surface area contributed by atoms with E-state index >= 15 is 0 Å². The molecule has 0 amide bonds. The zero-order chi connectivity index (χ0) is 13.0. The molecule has 4 saturated carbocycles. The minimum Gasteiger partial charge on any atom is -0.326 e. The number of nitrogens with two attached hydrogens (primary N) is 1. The molecule has 0 aliphatic heterocycles. The lowest BCUT2D eigenvalue weighted by atomic mass is 9.51. The van der Waals surface area contributed by atoms with Crippen LogP contribution < -0.4 is 5.73 Å². The van der Waals surface area contributed by atoms with Crippen molar-refractivity contribution in [2.45, 2.75) is 57.5 Å². The summed E-state index contributed by atoms with van der Waals surface area (Å²) < 4.78 is 2.05. The fourth-order valence-electron chi connectivity index (χ4n) is 5.42. The first kappa shape index (κ1) is 12.0. The first-order valence-electron chi connectivity index (χ1n) is 7.97. The maximum atomic E-state index is 5.87. The van der Waals surface area contributed by atoms with Crippen LogP contribution in [0.4, 0.5) is 0 Å². The van der Waals surface area contributed by atoms with E-state index in [1.165, 1.54) is 37.7 Å². The lowest BCUT2D eigenvalue weighted by molar-refractivity contribution is -0.00280. The maximum Gasteiger partial charge on any atom is 0.0557 e. The number of rotatable bonds is 3. The molecule has 0 saturated heterocycles. The van der Waals surface area contributed by atoms with Crippen LogP contribution in [-0.2, 0) is 6.54 Å². The molecule has 104 valence electrons. The van der Waals surface area contributed by atoms with Gasteiger partial charge in [-0.1, -0.05) is 0 Å². The predicted octanol–water partition coefficient (Wildman–Crippen LogP) is 2.77. The van der Waals surface area contributed by atoms with Crippen molar-refractivity contribution in [2.75, 3.05) is 0 Å². The average molecular weight is 259 g/mol. The number of aromatic nitrogens is 2. The Balaban J connectivity index is 1.57. The van der Waals surface area contributed by atoms with Gasteiger partial charge in [-0.25, -0.2) is 0 Å². The van der Waals surface area contributed by atoms with Crippen LogP contribution in [0.1, 0.15) is 50.5 Å². The van der Waals surface area contributed by atoms with Crippen LogP contribution in [0.5, 0.6) is 0 Å². The summed E-state index contributed by atoms with van der Waals surface area (Å²) in [5.41, 5.74) is 7.36. The van der Waals surface area contributed by atoms with Gasteiger partial charge in [0.05, 0.1) is 12.7 Å². The van der Waals surface area contributed by atoms with E-state index in [4.69, 9.17) is 5.73 Å². The molecule has 19 heavy (non-hydrogen) atoms. The number of nitrogens with zero attached hydrogens (tertiary/aromatic N) is 2. The molecule has 0 spiro atoms. The molecular formula is C16H25N3. The highest BCUT2D eigenvalue weighted by Gasteiger charge is 2.48. The van der Waals surface area contributed by atoms with Crippen molar-refractivity contribution in [3.05, 3.63) is 18.0 Å². The van der Waals surface area contributed by atoms with Crippen molar-refractivity contribution < 1.29 is 0 Å². The van der Waals surface area contributed by atoms with Gasteiger partial charge in [-0.3, -0.25) is 4.68 Å². The van der Waals surface area contributed by atoms with Gasteiger partial charge >= 0.3 is 0 Å². The van der Waals surface area contributed by atoms with Crippen LogP contribution in [0.2, 0.25) is 0 Å². The summed E-state index contributed by atoms with van der Waals surface area (Å²) in [7, 11) is 0. The molecule has 1 heterocycles. The summed E-state index contributed by atoms with van der Waals surface area (Å²) in [5, 5.41) is 4.53. The van der Waals surface area contributed by atoms with Crippen molar-refractivity contribution in [2.24, 2.45) is 29.4 Å². The molecule has 1 aromatic rings. The van der Waals surface area contributed by atoms with E-state index in [9.17, 15) is 0 Å². The molecule has 3 heteroatoms. The normalized spacial score (nSPS) is 41.7. The Morgan fingerprint density at radius 2 is 1.84 bits per heavy atom. The number of hydrogen-bond donors (Lipinski definition) is 1. The molecule has 5 rings (SSSR count). The van der Waals surface area contributed by atoms with Crippen LogP contribution in [0.25, 0.3) is 0 Å². The van der Waals surface area contributed by atoms with Crippen molar-refractivity contribution in [3.8, 4) is 0 Å². The fraction of sp³-hybridized carbons (Fsp3) is 0.812. The molecule has 0 aromatic carbocycles. The van der Waals surface area contributed by atoms with E-state index in [0.717, 1.165) is 36.1 Å². The highest BCUT2D eigenvalue weighted by molar-refractivity contribution is 5.19. The van der Waals surface area contributed by atoms with Gasteiger partial charge in [0.15, 0.2) is 0 Å². The highest BCUT2D eigenvalue weighted by atomic mass is 15.3. The number of hydrogen-bond acceptors (Lipinski definition) is 2. The summed E-state index contributed by atoms with van der Waals surface area (Å²) >= 11 is 0. The van der Waals surface area contributed by atoms with Gasteiger partial charge in [0.2, 0.25) is 0 Å². The lowest BCUT2D eigenvalue weighted by Gasteiger charge is -2.54. The third-order valence-corrected chi connectivity index (χ3v) is 5.74. The maximum absolute atomic E-state index is 5.87. The first-order chi connectivity index (χ1) is 9.19. The quantitative estimate of drug-likeness (QED) is 0.907. The van der Waals surface area contributed by atoms with Gasteiger partial charge in [-0.15, -0.1) is 0 Å². The zero-order valence-electron chi connectivity index (χ0n) is 11.8. The van der Waals surface area contributed by atoms with Gasteiger partial charge in [0.1, 0.15) is 0 Å². The topological polar surface area (TPSA) is 43.8 Å². The van der Waals surface area contributed by atoms with E-state index in [0.29, 0.717) is 0 Å². The summed E-state index contributed by atoms with van der Waals surface area (Å²) in [6.45, 7) is 2.89. The van der Waals surface area contributed by atoms with Crippen molar-refractivity contribution in [3.63, 3.8) is 0 Å². The standard InChI is InChI=1S/C16H25N3/c1-10(17)8-19-9-15(7-18-19)16-13-3-11-2-12(5-13)6-14(16)4-11/h7,9-14,16H,2-6,8,17H2,1H3. The second kappa shape index (κ2) is 4.34. The van der Waals surface area contributed by atoms with Crippen LogP contribution >= 0.6 is 0 Å². The predicted molar refractivity (Wildman–Crippen MR) is 75.7 cm³/mol. The summed E-state index contributed by atoms with van der Waals surface area (Å²) in [5.74, 6) is 4.80. The van der Waals surface area contributed by atoms with Gasteiger partial charge < -0.3 is 5.73 Å². The van der Waals surface area contributed by atoms with E-state index in [2.05, 4.69) is 17.5 Å². The largest absolute Gasteiger partial charge is 0.326 e. The molecule has 1 unspecified atom stereocenters. The molecule has 4 bridgehead atoms. The molecule has 0 radical (unpaired) electrons. The summed E-state index contributed by atoms with van der Waals surface area (Å²) in [6, 6.07) is 0.186. The highest BCUT2D eigenvalue weighted by Crippen LogP contribution is 2.59. The van der Waals surface area contributed by atoms with Gasteiger partial charge in [0.25, 0.3) is 0 Å². The SMILES string of the molecule is CC(N)Cn1cc(C2C3CC4CC(C3)CC2C4)cn1. The van der Waals surface area contributed by atoms with E-state index in [1.807, 2.05) is 11.6 Å². The van der Waals surface area contributed by atoms with E-state index in [1.54, 1.807) is 0 Å². The Hall–Kier alpha value is -0.830. The molecule has 3 nitrogen and oxygen atoms in total. The second-order valence-corrected chi connectivity index (χ2v) is 7.43. The van der Waals surface area contributed by atoms with Crippen LogP contribution in [0, 0.1) is 23.7 Å². The van der Waals surface area contributed by atoms with Crippen LogP contribution in [-0.4, -0.2) is 15.8 Å². The Morgan fingerprint density at radius 3 is 2.42 bits per heavy atom. The Labute approximate surface area is 115 Å². The molecular weight excluding hydrogens is 234 g/mol. The molecule has 4 aliphatic rings. The van der Waals surface area contributed by atoms with Crippen molar-refractivity contribution in [1.82, 2.24) is 9.78 Å². The van der Waals surface area contributed by atoms with E-state index in [-0.39, 0.29) is 6.04 Å². The second-order valence-electron chi connectivity index (χ2n) is 7.43. The monoisotopic (exact) mass is 259 g/mol. The molecule has 1 aromatic heterocycles. The molecule has 1 atom stereocenters. The van der Waals surface area contributed by atoms with Gasteiger partial charge in [-0.2, -0.15) is 5.10 Å². The Kier molecular flexibility index (Phi) is 2.73. The molecule has 4 fully saturated rings. The van der Waals surface area contributed by atoms with Crippen molar-refractivity contribution in [1.29, 1.82) is 0 Å².